The van der Waals surface area contributed by atoms with E-state index < -0.39 is 11.6 Å². The molecule has 1 unspecified atom stereocenters. The number of rotatable bonds is 14. The van der Waals surface area contributed by atoms with Crippen LogP contribution in [0.3, 0.4) is 0 Å². The molecule has 2 N–H and O–H groups in total. The van der Waals surface area contributed by atoms with Gasteiger partial charge in [-0.3, -0.25) is 14.2 Å². The minimum absolute atomic E-state index is 0.0497. The third-order valence-corrected chi connectivity index (χ3v) is 8.19. The van der Waals surface area contributed by atoms with Crippen LogP contribution >= 0.6 is 0 Å². The number of hydrogen-bond acceptors (Lipinski definition) is 7. The molecule has 240 valence electrons. The predicted octanol–water partition coefficient (Wildman–Crippen LogP) is 6.66. The summed E-state index contributed by atoms with van der Waals surface area (Å²) in [4.78, 5) is 28.6. The molecular weight excluding hydrogens is 588 g/mol. The van der Waals surface area contributed by atoms with Crippen LogP contribution in [0.25, 0.3) is 16.9 Å². The van der Waals surface area contributed by atoms with Crippen molar-refractivity contribution in [2.24, 2.45) is 5.92 Å². The maximum atomic E-state index is 14.9. The number of nitrogens with zero attached hydrogens (tertiary/aromatic N) is 5. The van der Waals surface area contributed by atoms with Crippen LogP contribution < -0.4 is 15.4 Å². The van der Waals surface area contributed by atoms with Gasteiger partial charge in [-0.2, -0.15) is 4.39 Å². The molecule has 1 atom stereocenters. The monoisotopic (exact) mass is 627 g/mol. The number of ether oxygens (including phenoxy) is 1. The van der Waals surface area contributed by atoms with Gasteiger partial charge < -0.3 is 20.3 Å². The fourth-order valence-corrected chi connectivity index (χ4v) is 5.48. The first kappa shape index (κ1) is 32.5. The molecule has 0 aliphatic heterocycles. The lowest BCUT2D eigenvalue weighted by atomic mass is 10.0. The summed E-state index contributed by atoms with van der Waals surface area (Å²) in [6.07, 6.45) is 10.9. The van der Waals surface area contributed by atoms with E-state index >= 15 is 0 Å². The standard InChI is InChI=1S/C35H39F2N7O2/c1-5-23(13-16-43(3)22-24-8-7-14-38-19-24)20-41-35(45)27-10-9-26(18-25(27)6-2)42-33-34-40-21-29(44(34)17-15-39-33)28-11-12-30(46-4)32(37)31(28)36/h7-12,14-15,17-19,21,23H,5-6,13,16,20,22H2,1-4H3,(H,39,42)(H,41,45). The molecule has 3 heterocycles. The van der Waals surface area contributed by atoms with Crippen LogP contribution in [-0.2, 0) is 13.0 Å². The third kappa shape index (κ3) is 7.31. The summed E-state index contributed by atoms with van der Waals surface area (Å²) in [5.41, 5.74) is 4.27. The van der Waals surface area contributed by atoms with Gasteiger partial charge in [0, 0.05) is 54.7 Å². The lowest BCUT2D eigenvalue weighted by molar-refractivity contribution is 0.0944. The smallest absolute Gasteiger partial charge is 0.251 e. The molecule has 5 rings (SSSR count). The van der Waals surface area contributed by atoms with E-state index in [0.717, 1.165) is 37.2 Å². The lowest BCUT2D eigenvalue weighted by Crippen LogP contribution is -2.31. The molecule has 0 spiro atoms. The minimum atomic E-state index is -1.06. The Morgan fingerprint density at radius 2 is 1.91 bits per heavy atom. The predicted molar refractivity (Wildman–Crippen MR) is 175 cm³/mol. The van der Waals surface area contributed by atoms with E-state index in [2.05, 4.69) is 50.5 Å². The van der Waals surface area contributed by atoms with Gasteiger partial charge in [0.2, 0.25) is 5.82 Å². The molecule has 0 aliphatic rings. The second kappa shape index (κ2) is 14.9. The largest absolute Gasteiger partial charge is 0.494 e. The zero-order valence-electron chi connectivity index (χ0n) is 26.6. The SMILES string of the molecule is CCc1cc(Nc2nccn3c(-c4ccc(OC)c(F)c4F)cnc23)ccc1C(=O)NCC(CC)CCN(C)Cc1cccnc1. The van der Waals surface area contributed by atoms with E-state index in [1.807, 2.05) is 37.4 Å². The molecule has 46 heavy (non-hydrogen) atoms. The van der Waals surface area contributed by atoms with Crippen LogP contribution in [0.4, 0.5) is 20.3 Å². The fraction of sp³-hybridized carbons (Fsp3) is 0.314. The molecule has 9 nitrogen and oxygen atoms in total. The Labute approximate surface area is 267 Å². The summed E-state index contributed by atoms with van der Waals surface area (Å²) < 4.78 is 35.8. The Morgan fingerprint density at radius 1 is 1.07 bits per heavy atom. The molecule has 0 saturated heterocycles. The minimum Gasteiger partial charge on any atom is -0.494 e. The average Bonchev–Trinajstić information content (AvgIpc) is 3.51. The molecule has 0 bridgehead atoms. The van der Waals surface area contributed by atoms with Crippen LogP contribution in [0.15, 0.2) is 73.4 Å². The normalized spacial score (nSPS) is 12.0. The summed E-state index contributed by atoms with van der Waals surface area (Å²) in [6, 6.07) is 12.4. The van der Waals surface area contributed by atoms with Crippen molar-refractivity contribution in [3.05, 3.63) is 102 Å². The number of halogens is 2. The number of aromatic nitrogens is 4. The number of nitrogens with one attached hydrogen (secondary N) is 2. The van der Waals surface area contributed by atoms with Gasteiger partial charge in [-0.15, -0.1) is 0 Å². The van der Waals surface area contributed by atoms with Crippen LogP contribution in [0, 0.1) is 17.6 Å². The van der Waals surface area contributed by atoms with Crippen molar-refractivity contribution in [3.63, 3.8) is 0 Å². The summed E-state index contributed by atoms with van der Waals surface area (Å²) >= 11 is 0. The van der Waals surface area contributed by atoms with Crippen molar-refractivity contribution in [1.29, 1.82) is 0 Å². The van der Waals surface area contributed by atoms with Gasteiger partial charge in [0.15, 0.2) is 23.0 Å². The molecular formula is C35H39F2N7O2. The highest BCUT2D eigenvalue weighted by atomic mass is 19.2. The number of pyridine rings is 1. The quantitative estimate of drug-likeness (QED) is 0.142. The first-order chi connectivity index (χ1) is 22.3. The van der Waals surface area contributed by atoms with E-state index in [0.29, 0.717) is 41.6 Å². The molecule has 0 saturated carbocycles. The average molecular weight is 628 g/mol. The molecule has 3 aromatic heterocycles. The van der Waals surface area contributed by atoms with Crippen LogP contribution in [0.5, 0.6) is 5.75 Å². The number of benzene rings is 2. The number of amides is 1. The van der Waals surface area contributed by atoms with Crippen molar-refractivity contribution in [2.75, 3.05) is 32.6 Å². The Hall–Kier alpha value is -4.90. The zero-order chi connectivity index (χ0) is 32.6. The van der Waals surface area contributed by atoms with Gasteiger partial charge in [-0.25, -0.2) is 14.4 Å². The number of carbonyl (C=O) groups is 1. The topological polar surface area (TPSA) is 96.7 Å². The molecule has 11 heteroatoms. The number of imidazole rings is 1. The van der Waals surface area contributed by atoms with Gasteiger partial charge in [0.25, 0.3) is 5.91 Å². The summed E-state index contributed by atoms with van der Waals surface area (Å²) in [5, 5.41) is 6.42. The molecule has 1 amide bonds. The Bertz CT molecular complexity index is 1800. The number of methoxy groups -OCH3 is 1. The van der Waals surface area contributed by atoms with E-state index in [-0.39, 0.29) is 17.2 Å². The maximum Gasteiger partial charge on any atom is 0.251 e. The van der Waals surface area contributed by atoms with E-state index in [4.69, 9.17) is 4.74 Å². The molecule has 0 fully saturated rings. The van der Waals surface area contributed by atoms with Crippen molar-refractivity contribution in [2.45, 2.75) is 39.7 Å². The van der Waals surface area contributed by atoms with E-state index in [1.165, 1.54) is 31.0 Å². The highest BCUT2D eigenvalue weighted by molar-refractivity contribution is 5.96. The summed E-state index contributed by atoms with van der Waals surface area (Å²) in [7, 11) is 3.39. The number of aryl methyl sites for hydroxylation is 1. The number of anilines is 2. The van der Waals surface area contributed by atoms with Gasteiger partial charge in [0.1, 0.15) is 0 Å². The molecule has 5 aromatic rings. The Balaban J connectivity index is 1.24. The fourth-order valence-electron chi connectivity index (χ4n) is 5.48. The first-order valence-electron chi connectivity index (χ1n) is 15.4. The Kier molecular flexibility index (Phi) is 10.5. The lowest BCUT2D eigenvalue weighted by Gasteiger charge is -2.21. The number of hydrogen-bond donors (Lipinski definition) is 2. The van der Waals surface area contributed by atoms with Gasteiger partial charge >= 0.3 is 0 Å². The van der Waals surface area contributed by atoms with Crippen LogP contribution in [-0.4, -0.2) is 57.4 Å². The summed E-state index contributed by atoms with van der Waals surface area (Å²) in [6.45, 7) is 6.52. The van der Waals surface area contributed by atoms with Crippen LogP contribution in [0.1, 0.15) is 48.2 Å². The second-order valence-corrected chi connectivity index (χ2v) is 11.3. The Morgan fingerprint density at radius 3 is 2.65 bits per heavy atom. The molecule has 0 radical (unpaired) electrons. The van der Waals surface area contributed by atoms with E-state index in [9.17, 15) is 13.6 Å². The molecule has 0 aliphatic carbocycles. The van der Waals surface area contributed by atoms with Crippen molar-refractivity contribution in [1.82, 2.24) is 29.6 Å². The number of carbonyl (C=O) groups excluding carboxylic acids is 1. The molecule has 2 aromatic carbocycles. The third-order valence-electron chi connectivity index (χ3n) is 8.19. The zero-order valence-corrected chi connectivity index (χ0v) is 26.6. The first-order valence-corrected chi connectivity index (χ1v) is 15.4. The van der Waals surface area contributed by atoms with Gasteiger partial charge in [-0.1, -0.05) is 26.3 Å². The summed E-state index contributed by atoms with van der Waals surface area (Å²) in [5.74, 6) is -1.56. The van der Waals surface area contributed by atoms with Crippen molar-refractivity contribution in [3.8, 4) is 17.0 Å². The van der Waals surface area contributed by atoms with Crippen molar-refractivity contribution < 1.29 is 18.3 Å². The van der Waals surface area contributed by atoms with Crippen LogP contribution in [0.2, 0.25) is 0 Å². The number of fused-ring (bicyclic) bond motifs is 1. The van der Waals surface area contributed by atoms with Gasteiger partial charge in [-0.05, 0) is 79.9 Å². The van der Waals surface area contributed by atoms with Crippen molar-refractivity contribution >= 4 is 23.1 Å². The highest BCUT2D eigenvalue weighted by Crippen LogP contribution is 2.31. The highest BCUT2D eigenvalue weighted by Gasteiger charge is 2.20. The second-order valence-electron chi connectivity index (χ2n) is 11.3. The maximum absolute atomic E-state index is 14.9. The van der Waals surface area contributed by atoms with E-state index in [1.54, 1.807) is 23.0 Å². The van der Waals surface area contributed by atoms with Gasteiger partial charge in [0.05, 0.1) is 19.0 Å².